The van der Waals surface area contributed by atoms with Gasteiger partial charge in [-0.05, 0) is 42.7 Å². The predicted molar refractivity (Wildman–Crippen MR) is 113 cm³/mol. The lowest BCUT2D eigenvalue weighted by Gasteiger charge is -2.31. The highest BCUT2D eigenvalue weighted by atomic mass is 32.2. The maximum absolute atomic E-state index is 13.5. The van der Waals surface area contributed by atoms with Crippen molar-refractivity contribution in [3.05, 3.63) is 71.4 Å². The van der Waals surface area contributed by atoms with Crippen molar-refractivity contribution < 1.29 is 22.1 Å². The van der Waals surface area contributed by atoms with E-state index in [0.29, 0.717) is 41.5 Å². The van der Waals surface area contributed by atoms with Crippen LogP contribution in [0.1, 0.15) is 40.6 Å². The Morgan fingerprint density at radius 3 is 2.71 bits per heavy atom. The first-order valence-corrected chi connectivity index (χ1v) is 12.0. The topological polar surface area (TPSA) is 93.4 Å². The molecule has 0 spiro atoms. The molecule has 1 aliphatic rings. The van der Waals surface area contributed by atoms with E-state index in [4.69, 9.17) is 4.52 Å². The lowest BCUT2D eigenvalue weighted by molar-refractivity contribution is 0.0695. The maximum Gasteiger partial charge on any atom is 0.253 e. The molecule has 1 fully saturated rings. The molecule has 7 nitrogen and oxygen atoms in total. The fourth-order valence-electron chi connectivity index (χ4n) is 3.74. The molecule has 0 saturated carbocycles. The molecule has 1 atom stereocenters. The minimum absolute atomic E-state index is 0.0575. The summed E-state index contributed by atoms with van der Waals surface area (Å²) < 4.78 is 41.7. The molecule has 0 bridgehead atoms. The zero-order valence-electron chi connectivity index (χ0n) is 17.0. The quantitative estimate of drug-likeness (QED) is 0.600. The number of hydrogen-bond acceptors (Lipinski definition) is 6. The van der Waals surface area contributed by atoms with Gasteiger partial charge in [0.1, 0.15) is 5.82 Å². The molecule has 2 aromatic carbocycles. The average Bonchev–Trinajstić information content (AvgIpc) is 3.23. The molecule has 9 heteroatoms. The molecule has 1 aliphatic heterocycles. The number of aromatic nitrogens is 2. The van der Waals surface area contributed by atoms with Gasteiger partial charge in [0.15, 0.2) is 9.84 Å². The van der Waals surface area contributed by atoms with Gasteiger partial charge in [-0.2, -0.15) is 4.98 Å². The van der Waals surface area contributed by atoms with Gasteiger partial charge in [-0.15, -0.1) is 0 Å². The summed E-state index contributed by atoms with van der Waals surface area (Å²) in [7, 11) is -3.13. The minimum Gasteiger partial charge on any atom is -0.339 e. The van der Waals surface area contributed by atoms with Crippen LogP contribution in [0.15, 0.2) is 53.1 Å². The highest BCUT2D eigenvalue weighted by Gasteiger charge is 2.29. The van der Waals surface area contributed by atoms with Crippen LogP contribution in [0.3, 0.4) is 0 Å². The van der Waals surface area contributed by atoms with E-state index in [0.717, 1.165) is 12.8 Å². The Morgan fingerprint density at radius 2 is 2.00 bits per heavy atom. The van der Waals surface area contributed by atoms with Crippen LogP contribution < -0.4 is 0 Å². The molecular formula is C22H22FN3O4S. The Labute approximate surface area is 179 Å². The highest BCUT2D eigenvalue weighted by Crippen LogP contribution is 2.28. The second-order valence-corrected chi connectivity index (χ2v) is 9.96. The van der Waals surface area contributed by atoms with Gasteiger partial charge in [0.25, 0.3) is 5.91 Å². The van der Waals surface area contributed by atoms with Crippen molar-refractivity contribution in [2.24, 2.45) is 0 Å². The van der Waals surface area contributed by atoms with E-state index < -0.39 is 9.84 Å². The number of piperidine rings is 1. The predicted octanol–water partition coefficient (Wildman–Crippen LogP) is 3.44. The number of carbonyl (C=O) groups is 1. The number of amides is 1. The van der Waals surface area contributed by atoms with Crippen LogP contribution in [-0.4, -0.2) is 48.7 Å². The normalized spacial score (nSPS) is 17.0. The van der Waals surface area contributed by atoms with E-state index in [2.05, 4.69) is 10.1 Å². The van der Waals surface area contributed by atoms with Crippen molar-refractivity contribution in [3.63, 3.8) is 0 Å². The molecule has 0 aliphatic carbocycles. The number of benzene rings is 2. The molecule has 1 unspecified atom stereocenters. The third-order valence-electron chi connectivity index (χ3n) is 5.21. The second kappa shape index (κ2) is 8.58. The van der Waals surface area contributed by atoms with Crippen molar-refractivity contribution >= 4 is 15.7 Å². The summed E-state index contributed by atoms with van der Waals surface area (Å²) in [4.78, 5) is 19.1. The van der Waals surface area contributed by atoms with E-state index in [1.165, 1.54) is 18.4 Å². The molecule has 162 valence electrons. The first-order chi connectivity index (χ1) is 14.8. The Bertz CT molecular complexity index is 1190. The molecule has 0 N–H and O–H groups in total. The van der Waals surface area contributed by atoms with Gasteiger partial charge in [-0.1, -0.05) is 29.4 Å². The minimum atomic E-state index is -3.13. The largest absolute Gasteiger partial charge is 0.339 e. The first-order valence-electron chi connectivity index (χ1n) is 9.94. The number of halogens is 1. The Hall–Kier alpha value is -3.07. The Morgan fingerprint density at radius 1 is 1.23 bits per heavy atom. The lowest BCUT2D eigenvalue weighted by Crippen LogP contribution is -2.39. The molecular weight excluding hydrogens is 421 g/mol. The zero-order valence-corrected chi connectivity index (χ0v) is 17.8. The third-order valence-corrected chi connectivity index (χ3v) is 6.07. The molecule has 4 rings (SSSR count). The van der Waals surface area contributed by atoms with Crippen LogP contribution in [0.25, 0.3) is 11.4 Å². The molecule has 0 radical (unpaired) electrons. The monoisotopic (exact) mass is 443 g/mol. The summed E-state index contributed by atoms with van der Waals surface area (Å²) in [6.45, 7) is 1.06. The van der Waals surface area contributed by atoms with Gasteiger partial charge in [0.05, 0.1) is 11.7 Å². The van der Waals surface area contributed by atoms with E-state index in [9.17, 15) is 17.6 Å². The van der Waals surface area contributed by atoms with Gasteiger partial charge in [0.2, 0.25) is 11.7 Å². The van der Waals surface area contributed by atoms with Crippen molar-refractivity contribution in [1.29, 1.82) is 0 Å². The number of hydrogen-bond donors (Lipinski definition) is 0. The summed E-state index contributed by atoms with van der Waals surface area (Å²) in [6.07, 6.45) is 2.78. The molecule has 2 heterocycles. The smallest absolute Gasteiger partial charge is 0.253 e. The lowest BCUT2D eigenvalue weighted by atomic mass is 9.97. The Kier molecular flexibility index (Phi) is 5.86. The van der Waals surface area contributed by atoms with Crippen LogP contribution in [0, 0.1) is 5.82 Å². The van der Waals surface area contributed by atoms with Gasteiger partial charge >= 0.3 is 0 Å². The Balaban J connectivity index is 1.45. The van der Waals surface area contributed by atoms with E-state index in [1.807, 2.05) is 0 Å². The van der Waals surface area contributed by atoms with Crippen molar-refractivity contribution in [2.45, 2.75) is 24.5 Å². The summed E-state index contributed by atoms with van der Waals surface area (Å²) >= 11 is 0. The third kappa shape index (κ3) is 5.16. The van der Waals surface area contributed by atoms with E-state index in [1.54, 1.807) is 41.3 Å². The number of sulfone groups is 1. The molecule has 1 amide bonds. The SMILES string of the molecule is CS(=O)(=O)Cc1ccc(C(=O)N2CCCC(c3nc(-c4cccc(F)c4)no3)C2)cc1. The van der Waals surface area contributed by atoms with Crippen molar-refractivity contribution in [2.75, 3.05) is 19.3 Å². The molecule has 1 saturated heterocycles. The van der Waals surface area contributed by atoms with Crippen LogP contribution in [0.4, 0.5) is 4.39 Å². The highest BCUT2D eigenvalue weighted by molar-refractivity contribution is 7.89. The summed E-state index contributed by atoms with van der Waals surface area (Å²) in [5.41, 5.74) is 1.68. The number of rotatable bonds is 5. The second-order valence-electron chi connectivity index (χ2n) is 7.82. The summed E-state index contributed by atoms with van der Waals surface area (Å²) in [6, 6.07) is 12.6. The van der Waals surface area contributed by atoms with Crippen LogP contribution >= 0.6 is 0 Å². The first kappa shape index (κ1) is 21.2. The number of nitrogens with zero attached hydrogens (tertiary/aromatic N) is 3. The standard InChI is InChI=1S/C22H22FN3O4S/c1-31(28,29)14-15-7-9-16(10-8-15)22(27)26-11-3-5-18(13-26)21-24-20(25-30-21)17-4-2-6-19(23)12-17/h2,4,6-10,12,18H,3,5,11,13-14H2,1H3. The molecule has 31 heavy (non-hydrogen) atoms. The van der Waals surface area contributed by atoms with Crippen LogP contribution in [0.2, 0.25) is 0 Å². The molecule has 3 aromatic rings. The van der Waals surface area contributed by atoms with Gasteiger partial charge < -0.3 is 9.42 Å². The molecule has 1 aromatic heterocycles. The maximum atomic E-state index is 13.5. The van der Waals surface area contributed by atoms with Crippen LogP contribution in [0.5, 0.6) is 0 Å². The van der Waals surface area contributed by atoms with Gasteiger partial charge in [0, 0.05) is 30.5 Å². The fourth-order valence-corrected chi connectivity index (χ4v) is 4.54. The van der Waals surface area contributed by atoms with Crippen molar-refractivity contribution in [3.8, 4) is 11.4 Å². The van der Waals surface area contributed by atoms with Crippen molar-refractivity contribution in [1.82, 2.24) is 15.0 Å². The summed E-state index contributed by atoms with van der Waals surface area (Å²) in [5.74, 6) is 0.0935. The average molecular weight is 444 g/mol. The number of likely N-dealkylation sites (tertiary alicyclic amines) is 1. The van der Waals surface area contributed by atoms with Gasteiger partial charge in [-0.3, -0.25) is 4.79 Å². The van der Waals surface area contributed by atoms with E-state index in [-0.39, 0.29) is 23.4 Å². The fraction of sp³-hybridized carbons (Fsp3) is 0.318. The zero-order chi connectivity index (χ0) is 22.0. The summed E-state index contributed by atoms with van der Waals surface area (Å²) in [5, 5.41) is 3.96. The number of carbonyl (C=O) groups excluding carboxylic acids is 1. The van der Waals surface area contributed by atoms with Crippen LogP contribution in [-0.2, 0) is 15.6 Å². The van der Waals surface area contributed by atoms with E-state index >= 15 is 0 Å². The van der Waals surface area contributed by atoms with Gasteiger partial charge in [-0.25, -0.2) is 12.8 Å².